The fraction of sp³-hybridized carbons (Fsp3) is 0.400. The van der Waals surface area contributed by atoms with Crippen LogP contribution in [0.4, 0.5) is 4.39 Å². The Morgan fingerprint density at radius 1 is 1.22 bits per heavy atom. The third-order valence-corrected chi connectivity index (χ3v) is 3.04. The summed E-state index contributed by atoms with van der Waals surface area (Å²) in [7, 11) is 0. The molecule has 18 heavy (non-hydrogen) atoms. The van der Waals surface area contributed by atoms with Gasteiger partial charge in [-0.1, -0.05) is 25.5 Å². The maximum atomic E-state index is 12.9. The molecule has 0 bridgehead atoms. The molecule has 0 spiro atoms. The quantitative estimate of drug-likeness (QED) is 0.742. The lowest BCUT2D eigenvalue weighted by molar-refractivity contribution is -0.113. The Morgan fingerprint density at radius 3 is 2.61 bits per heavy atom. The summed E-state index contributed by atoms with van der Waals surface area (Å²) < 4.78 is 18.6. The van der Waals surface area contributed by atoms with Crippen LogP contribution in [0, 0.1) is 5.82 Å². The lowest BCUT2D eigenvalue weighted by Gasteiger charge is -2.09. The van der Waals surface area contributed by atoms with Crippen molar-refractivity contribution in [2.75, 3.05) is 6.61 Å². The van der Waals surface area contributed by atoms with Crippen LogP contribution in [0.25, 0.3) is 5.57 Å². The fourth-order valence-corrected chi connectivity index (χ4v) is 2.06. The van der Waals surface area contributed by atoms with Gasteiger partial charge < -0.3 is 4.74 Å². The number of unbranched alkanes of at least 4 members (excludes halogenated alkanes) is 1. The number of benzene rings is 1. The maximum absolute atomic E-state index is 12.9. The van der Waals surface area contributed by atoms with Gasteiger partial charge in [0.25, 0.3) is 0 Å². The van der Waals surface area contributed by atoms with Crippen LogP contribution in [0.2, 0.25) is 0 Å². The number of carbonyl (C=O) groups excluding carboxylic acids is 1. The van der Waals surface area contributed by atoms with E-state index in [0.29, 0.717) is 25.0 Å². The molecule has 2 rings (SSSR count). The number of halogens is 1. The Hall–Kier alpha value is -1.64. The molecule has 96 valence electrons. The molecule has 0 amide bonds. The number of ether oxygens (including phenoxy) is 1. The third kappa shape index (κ3) is 2.78. The summed E-state index contributed by atoms with van der Waals surface area (Å²) in [5, 5.41) is 0. The Bertz CT molecular complexity index is 460. The smallest absolute Gasteiger partial charge is 0.167 e. The topological polar surface area (TPSA) is 26.3 Å². The van der Waals surface area contributed by atoms with Crippen LogP contribution >= 0.6 is 0 Å². The molecule has 0 aliphatic heterocycles. The van der Waals surface area contributed by atoms with E-state index in [0.717, 1.165) is 24.2 Å². The van der Waals surface area contributed by atoms with E-state index >= 15 is 0 Å². The van der Waals surface area contributed by atoms with Gasteiger partial charge in [-0.25, -0.2) is 4.39 Å². The minimum atomic E-state index is -0.293. The van der Waals surface area contributed by atoms with Gasteiger partial charge in [0.15, 0.2) is 5.78 Å². The first-order valence-corrected chi connectivity index (χ1v) is 6.37. The lowest BCUT2D eigenvalue weighted by atomic mass is 10.0. The van der Waals surface area contributed by atoms with Gasteiger partial charge in [-0.2, -0.15) is 0 Å². The largest absolute Gasteiger partial charge is 0.497 e. The number of Topliss-reactive ketones (excluding diaryl/α,β-unsaturated/α-hetero) is 1. The van der Waals surface area contributed by atoms with Crippen LogP contribution in [-0.4, -0.2) is 12.4 Å². The van der Waals surface area contributed by atoms with Gasteiger partial charge in [0.05, 0.1) is 12.2 Å². The monoisotopic (exact) mass is 248 g/mol. The molecule has 0 fully saturated rings. The molecule has 2 nitrogen and oxygen atoms in total. The number of ketones is 1. The highest BCUT2D eigenvalue weighted by molar-refractivity contribution is 6.23. The standard InChI is InChI=1S/C15H17FO2/c1-2-3-10-18-14-9-8-13(17)15(14)11-4-6-12(16)7-5-11/h4-7H,2-3,8-10H2,1H3. The van der Waals surface area contributed by atoms with E-state index in [1.165, 1.54) is 12.1 Å². The van der Waals surface area contributed by atoms with Gasteiger partial charge in [-0.15, -0.1) is 0 Å². The molecular weight excluding hydrogens is 231 g/mol. The van der Waals surface area contributed by atoms with Gasteiger partial charge >= 0.3 is 0 Å². The molecule has 1 aliphatic carbocycles. The zero-order valence-corrected chi connectivity index (χ0v) is 10.5. The van der Waals surface area contributed by atoms with Crippen LogP contribution in [-0.2, 0) is 9.53 Å². The summed E-state index contributed by atoms with van der Waals surface area (Å²) in [5.41, 5.74) is 1.39. The van der Waals surface area contributed by atoms with Crippen molar-refractivity contribution in [3.63, 3.8) is 0 Å². The molecule has 0 saturated heterocycles. The molecule has 0 aromatic heterocycles. The van der Waals surface area contributed by atoms with E-state index in [2.05, 4.69) is 6.92 Å². The highest BCUT2D eigenvalue weighted by Crippen LogP contribution is 2.31. The van der Waals surface area contributed by atoms with Crippen molar-refractivity contribution in [1.29, 1.82) is 0 Å². The molecular formula is C15H17FO2. The first-order valence-electron chi connectivity index (χ1n) is 6.37. The summed E-state index contributed by atoms with van der Waals surface area (Å²) in [4.78, 5) is 11.9. The highest BCUT2D eigenvalue weighted by Gasteiger charge is 2.25. The first kappa shape index (κ1) is 12.8. The Balaban J connectivity index is 2.22. The highest BCUT2D eigenvalue weighted by atomic mass is 19.1. The normalized spacial score (nSPS) is 15.3. The van der Waals surface area contributed by atoms with Crippen LogP contribution in [0.15, 0.2) is 30.0 Å². The molecule has 0 unspecified atom stereocenters. The number of carbonyl (C=O) groups is 1. The Labute approximate surface area is 106 Å². The van der Waals surface area contributed by atoms with Crippen molar-refractivity contribution in [2.24, 2.45) is 0 Å². The number of hydrogen-bond donors (Lipinski definition) is 0. The zero-order chi connectivity index (χ0) is 13.0. The molecule has 0 N–H and O–H groups in total. The van der Waals surface area contributed by atoms with Gasteiger partial charge in [-0.05, 0) is 24.1 Å². The van der Waals surface area contributed by atoms with E-state index in [9.17, 15) is 9.18 Å². The second kappa shape index (κ2) is 5.80. The summed E-state index contributed by atoms with van der Waals surface area (Å²) in [6.45, 7) is 2.74. The number of rotatable bonds is 5. The second-order valence-corrected chi connectivity index (χ2v) is 4.43. The molecule has 1 aliphatic rings. The lowest BCUT2D eigenvalue weighted by Crippen LogP contribution is -1.99. The van der Waals surface area contributed by atoms with Crippen molar-refractivity contribution in [1.82, 2.24) is 0 Å². The van der Waals surface area contributed by atoms with Gasteiger partial charge in [0.1, 0.15) is 11.6 Å². The SMILES string of the molecule is CCCCOC1=C(c2ccc(F)cc2)C(=O)CC1. The summed E-state index contributed by atoms with van der Waals surface area (Å²) in [6.07, 6.45) is 3.20. The summed E-state index contributed by atoms with van der Waals surface area (Å²) in [6, 6.07) is 6.02. The van der Waals surface area contributed by atoms with E-state index in [4.69, 9.17) is 4.74 Å². The average Bonchev–Trinajstić information content (AvgIpc) is 2.72. The summed E-state index contributed by atoms with van der Waals surface area (Å²) in [5.74, 6) is 0.561. The van der Waals surface area contributed by atoms with E-state index in [1.54, 1.807) is 12.1 Å². The average molecular weight is 248 g/mol. The van der Waals surface area contributed by atoms with Crippen molar-refractivity contribution in [2.45, 2.75) is 32.6 Å². The number of hydrogen-bond acceptors (Lipinski definition) is 2. The van der Waals surface area contributed by atoms with Gasteiger partial charge in [0.2, 0.25) is 0 Å². The van der Waals surface area contributed by atoms with Gasteiger partial charge in [-0.3, -0.25) is 4.79 Å². The molecule has 1 aromatic rings. The third-order valence-electron chi connectivity index (χ3n) is 3.04. The molecule has 0 saturated carbocycles. The van der Waals surface area contributed by atoms with E-state index in [-0.39, 0.29) is 11.6 Å². The van der Waals surface area contributed by atoms with Crippen LogP contribution < -0.4 is 0 Å². The molecule has 1 aromatic carbocycles. The molecule has 0 heterocycles. The maximum Gasteiger partial charge on any atom is 0.167 e. The second-order valence-electron chi connectivity index (χ2n) is 4.43. The molecule has 0 atom stereocenters. The van der Waals surface area contributed by atoms with Crippen molar-refractivity contribution < 1.29 is 13.9 Å². The number of allylic oxidation sites excluding steroid dienone is 2. The Morgan fingerprint density at radius 2 is 1.94 bits per heavy atom. The van der Waals surface area contributed by atoms with E-state index in [1.807, 2.05) is 0 Å². The predicted molar refractivity (Wildman–Crippen MR) is 68.4 cm³/mol. The van der Waals surface area contributed by atoms with E-state index < -0.39 is 0 Å². The van der Waals surface area contributed by atoms with Gasteiger partial charge in [0, 0.05) is 12.8 Å². The van der Waals surface area contributed by atoms with Crippen molar-refractivity contribution in [3.8, 4) is 0 Å². The minimum Gasteiger partial charge on any atom is -0.497 e. The fourth-order valence-electron chi connectivity index (χ4n) is 2.06. The summed E-state index contributed by atoms with van der Waals surface area (Å²) >= 11 is 0. The zero-order valence-electron chi connectivity index (χ0n) is 10.5. The predicted octanol–water partition coefficient (Wildman–Crippen LogP) is 3.72. The van der Waals surface area contributed by atoms with Crippen molar-refractivity contribution >= 4 is 11.4 Å². The molecule has 0 radical (unpaired) electrons. The first-order chi connectivity index (χ1) is 8.72. The van der Waals surface area contributed by atoms with Crippen LogP contribution in [0.5, 0.6) is 0 Å². The van der Waals surface area contributed by atoms with Crippen LogP contribution in [0.3, 0.4) is 0 Å². The Kier molecular flexibility index (Phi) is 4.13. The van der Waals surface area contributed by atoms with Crippen molar-refractivity contribution in [3.05, 3.63) is 41.4 Å². The molecule has 3 heteroatoms. The minimum absolute atomic E-state index is 0.0908. The van der Waals surface area contributed by atoms with Crippen LogP contribution in [0.1, 0.15) is 38.2 Å².